The fourth-order valence-corrected chi connectivity index (χ4v) is 3.29. The van der Waals surface area contributed by atoms with E-state index in [4.69, 9.17) is 16.3 Å². The van der Waals surface area contributed by atoms with E-state index in [1.54, 1.807) is 29.6 Å². The van der Waals surface area contributed by atoms with Crippen molar-refractivity contribution in [3.8, 4) is 5.75 Å². The molecule has 0 unspecified atom stereocenters. The van der Waals surface area contributed by atoms with E-state index in [2.05, 4.69) is 20.6 Å². The molecule has 11 heteroatoms. The zero-order valence-corrected chi connectivity index (χ0v) is 17.7. The molecule has 2 aromatic heterocycles. The Morgan fingerprint density at radius 2 is 1.90 bits per heavy atom. The Morgan fingerprint density at radius 3 is 2.58 bits per heavy atom. The number of nitrogens with zero attached hydrogens (tertiary/aromatic N) is 2. The maximum atomic E-state index is 12.5. The number of aromatic nitrogens is 2. The molecule has 31 heavy (non-hydrogen) atoms. The average Bonchev–Trinajstić information content (AvgIpc) is 3.18. The van der Waals surface area contributed by atoms with Crippen molar-refractivity contribution in [2.45, 2.75) is 19.2 Å². The quantitative estimate of drug-likeness (QED) is 0.448. The fraction of sp³-hybridized carbons (Fsp3) is 0.250. The first-order chi connectivity index (χ1) is 14.8. The molecule has 0 aliphatic carbocycles. The Bertz CT molecular complexity index is 995. The van der Waals surface area contributed by atoms with Crippen molar-refractivity contribution in [2.24, 2.45) is 0 Å². The van der Waals surface area contributed by atoms with Crippen molar-refractivity contribution in [3.63, 3.8) is 0 Å². The number of anilines is 1. The molecule has 2 N–H and O–H groups in total. The van der Waals surface area contributed by atoms with Gasteiger partial charge in [-0.05, 0) is 36.4 Å². The largest absolute Gasteiger partial charge is 0.486 e. The molecule has 6 nitrogen and oxygen atoms in total. The van der Waals surface area contributed by atoms with Gasteiger partial charge in [-0.2, -0.15) is 13.2 Å². The van der Waals surface area contributed by atoms with Gasteiger partial charge in [-0.25, -0.2) is 9.97 Å². The van der Waals surface area contributed by atoms with Crippen molar-refractivity contribution in [1.82, 2.24) is 15.3 Å². The summed E-state index contributed by atoms with van der Waals surface area (Å²) in [7, 11) is 0. The van der Waals surface area contributed by atoms with Gasteiger partial charge in [0.1, 0.15) is 23.2 Å². The van der Waals surface area contributed by atoms with Crippen LogP contribution < -0.4 is 15.4 Å². The molecule has 0 radical (unpaired) electrons. The van der Waals surface area contributed by atoms with Crippen LogP contribution in [0, 0.1) is 0 Å². The first-order valence-electron chi connectivity index (χ1n) is 9.15. The number of amides is 1. The summed E-state index contributed by atoms with van der Waals surface area (Å²) < 4.78 is 43.1. The number of rotatable bonds is 9. The Morgan fingerprint density at radius 1 is 1.13 bits per heavy atom. The molecular formula is C20H18ClF3N4O2S. The lowest BCUT2D eigenvalue weighted by Crippen LogP contribution is -2.30. The molecule has 0 spiro atoms. The number of halogens is 4. The number of alkyl halides is 3. The Labute approximate surface area is 185 Å². The van der Waals surface area contributed by atoms with Gasteiger partial charge >= 0.3 is 6.18 Å². The molecule has 164 valence electrons. The van der Waals surface area contributed by atoms with Crippen LogP contribution in [0.2, 0.25) is 5.02 Å². The number of ether oxygens (including phenoxy) is 1. The van der Waals surface area contributed by atoms with Gasteiger partial charge in [0.15, 0.2) is 0 Å². The minimum Gasteiger partial charge on any atom is -0.486 e. The number of pyridine rings is 1. The van der Waals surface area contributed by atoms with E-state index in [0.717, 1.165) is 17.3 Å². The molecule has 0 saturated carbocycles. The summed E-state index contributed by atoms with van der Waals surface area (Å²) in [5.74, 6) is 0.763. The predicted octanol–water partition coefficient (Wildman–Crippen LogP) is 4.56. The van der Waals surface area contributed by atoms with Crippen molar-refractivity contribution >= 4 is 34.7 Å². The monoisotopic (exact) mass is 470 g/mol. The normalized spacial score (nSPS) is 11.2. The van der Waals surface area contributed by atoms with E-state index >= 15 is 0 Å². The lowest BCUT2D eigenvalue weighted by Gasteiger charge is -2.09. The lowest BCUT2D eigenvalue weighted by atomic mass is 10.3. The number of carbonyl (C=O) groups is 1. The van der Waals surface area contributed by atoms with E-state index in [1.807, 2.05) is 0 Å². The summed E-state index contributed by atoms with van der Waals surface area (Å²) in [4.78, 5) is 20.1. The summed E-state index contributed by atoms with van der Waals surface area (Å²) >= 11 is 7.23. The van der Waals surface area contributed by atoms with Crippen molar-refractivity contribution in [3.05, 3.63) is 69.3 Å². The predicted molar refractivity (Wildman–Crippen MR) is 112 cm³/mol. The molecule has 1 amide bonds. The first kappa shape index (κ1) is 22.8. The fourth-order valence-electron chi connectivity index (χ4n) is 2.46. The maximum absolute atomic E-state index is 12.5. The highest BCUT2D eigenvalue weighted by molar-refractivity contribution is 7.09. The van der Waals surface area contributed by atoms with Gasteiger partial charge in [0, 0.05) is 29.7 Å². The van der Waals surface area contributed by atoms with Gasteiger partial charge in [-0.3, -0.25) is 4.79 Å². The summed E-state index contributed by atoms with van der Waals surface area (Å²) in [5.41, 5.74) is -0.179. The van der Waals surface area contributed by atoms with Crippen LogP contribution in [0.5, 0.6) is 5.75 Å². The minimum absolute atomic E-state index is 0.121. The third-order valence-electron chi connectivity index (χ3n) is 3.96. The number of benzene rings is 1. The van der Waals surface area contributed by atoms with E-state index in [9.17, 15) is 18.0 Å². The molecule has 3 rings (SSSR count). The van der Waals surface area contributed by atoms with Gasteiger partial charge in [0.25, 0.3) is 0 Å². The van der Waals surface area contributed by atoms with Crippen LogP contribution in [0.15, 0.2) is 48.0 Å². The topological polar surface area (TPSA) is 76.1 Å². The Hall–Kier alpha value is -2.85. The number of nitrogens with one attached hydrogen (secondary N) is 2. The second-order valence-corrected chi connectivity index (χ2v) is 7.74. The number of carbonyl (C=O) groups excluding carboxylic acids is 1. The van der Waals surface area contributed by atoms with Crippen molar-refractivity contribution in [1.29, 1.82) is 0 Å². The van der Waals surface area contributed by atoms with Gasteiger partial charge < -0.3 is 15.4 Å². The second-order valence-electron chi connectivity index (χ2n) is 6.36. The number of hydrogen-bond donors (Lipinski definition) is 2. The van der Waals surface area contributed by atoms with Crippen LogP contribution in [0.4, 0.5) is 19.0 Å². The van der Waals surface area contributed by atoms with E-state index in [1.165, 1.54) is 17.4 Å². The van der Waals surface area contributed by atoms with Crippen LogP contribution in [0.25, 0.3) is 0 Å². The highest BCUT2D eigenvalue weighted by atomic mass is 35.5. The van der Waals surface area contributed by atoms with Crippen LogP contribution in [0.3, 0.4) is 0 Å². The molecule has 0 aliphatic rings. The zero-order chi connectivity index (χ0) is 22.3. The molecule has 0 atom stereocenters. The average molecular weight is 471 g/mol. The molecular weight excluding hydrogens is 453 g/mol. The van der Waals surface area contributed by atoms with E-state index in [-0.39, 0.29) is 25.5 Å². The van der Waals surface area contributed by atoms with Crippen molar-refractivity contribution < 1.29 is 22.7 Å². The van der Waals surface area contributed by atoms with Crippen LogP contribution >= 0.6 is 22.9 Å². The summed E-state index contributed by atoms with van der Waals surface area (Å²) in [6.07, 6.45) is -3.54. The smallest absolute Gasteiger partial charge is 0.417 e. The maximum Gasteiger partial charge on any atom is 0.417 e. The summed E-state index contributed by atoms with van der Waals surface area (Å²) in [6, 6.07) is 9.18. The third kappa shape index (κ3) is 7.41. The Kier molecular flexibility index (Phi) is 7.69. The van der Waals surface area contributed by atoms with Crippen molar-refractivity contribution in [2.75, 3.05) is 18.4 Å². The second kappa shape index (κ2) is 10.5. The highest BCUT2D eigenvalue weighted by Crippen LogP contribution is 2.28. The van der Waals surface area contributed by atoms with Gasteiger partial charge in [-0.15, -0.1) is 11.3 Å². The standard InChI is InChI=1S/C20H18ClF3N4O2S/c21-14-2-4-16(5-3-14)30-11-19-28-15(12-31-19)9-18(29)26-8-7-25-17-6-1-13(10-27-17)20(22,23)24/h1-6,10,12H,7-9,11H2,(H,25,27)(H,26,29). The molecule has 2 heterocycles. The molecule has 0 aliphatic heterocycles. The molecule has 0 fully saturated rings. The number of hydrogen-bond acceptors (Lipinski definition) is 6. The highest BCUT2D eigenvalue weighted by Gasteiger charge is 2.30. The third-order valence-corrected chi connectivity index (χ3v) is 5.08. The number of thiazole rings is 1. The minimum atomic E-state index is -4.42. The SMILES string of the molecule is O=C(Cc1csc(COc2ccc(Cl)cc2)n1)NCCNc1ccc(C(F)(F)F)cn1. The zero-order valence-electron chi connectivity index (χ0n) is 16.1. The molecule has 0 bridgehead atoms. The van der Waals surface area contributed by atoms with Crippen LogP contribution in [-0.4, -0.2) is 29.0 Å². The molecule has 0 saturated heterocycles. The summed E-state index contributed by atoms with van der Waals surface area (Å²) in [5, 5.41) is 8.74. The molecule has 3 aromatic rings. The first-order valence-corrected chi connectivity index (χ1v) is 10.4. The van der Waals surface area contributed by atoms with E-state index in [0.29, 0.717) is 28.8 Å². The van der Waals surface area contributed by atoms with E-state index < -0.39 is 11.7 Å². The van der Waals surface area contributed by atoms with Crippen LogP contribution in [-0.2, 0) is 24.0 Å². The van der Waals surface area contributed by atoms with Gasteiger partial charge in [-0.1, -0.05) is 11.6 Å². The summed E-state index contributed by atoms with van der Waals surface area (Å²) in [6.45, 7) is 0.900. The molecule has 1 aromatic carbocycles. The van der Waals surface area contributed by atoms with Gasteiger partial charge in [0.2, 0.25) is 5.91 Å². The Balaban J connectivity index is 1.35. The van der Waals surface area contributed by atoms with Gasteiger partial charge in [0.05, 0.1) is 17.7 Å². The lowest BCUT2D eigenvalue weighted by molar-refractivity contribution is -0.137. The van der Waals surface area contributed by atoms with Crippen LogP contribution in [0.1, 0.15) is 16.3 Å².